The molecule has 3 rings (SSSR count). The van der Waals surface area contributed by atoms with E-state index < -0.39 is 0 Å². The maximum atomic E-state index is 5.99. The van der Waals surface area contributed by atoms with Gasteiger partial charge in [0.15, 0.2) is 0 Å². The molecule has 0 bridgehead atoms. The lowest BCUT2D eigenvalue weighted by atomic mass is 9.70. The molecule has 1 aromatic heterocycles. The smallest absolute Gasteiger partial charge is 0.120 e. The van der Waals surface area contributed by atoms with Crippen molar-refractivity contribution in [3.8, 4) is 0 Å². The molecule has 1 saturated heterocycles. The zero-order chi connectivity index (χ0) is 11.7. The number of hydrogen-bond acceptors (Lipinski definition) is 3. The first kappa shape index (κ1) is 11.3. The highest BCUT2D eigenvalue weighted by atomic mass is 16.5. The molecule has 1 aromatic rings. The second kappa shape index (κ2) is 4.46. The number of nitrogens with one attached hydrogen (secondary N) is 1. The van der Waals surface area contributed by atoms with E-state index in [4.69, 9.17) is 9.15 Å². The summed E-state index contributed by atoms with van der Waals surface area (Å²) in [5, 5.41) is 3.41. The molecular weight excluding hydrogens is 214 g/mol. The lowest BCUT2D eigenvalue weighted by Crippen LogP contribution is -2.47. The maximum Gasteiger partial charge on any atom is 0.120 e. The molecule has 17 heavy (non-hydrogen) atoms. The van der Waals surface area contributed by atoms with Crippen LogP contribution in [0.3, 0.4) is 0 Å². The van der Waals surface area contributed by atoms with Crippen LogP contribution in [0, 0.1) is 5.92 Å². The Hall–Kier alpha value is -0.800. The summed E-state index contributed by atoms with van der Waals surface area (Å²) in [6.45, 7) is 0.906. The largest absolute Gasteiger partial charge is 0.468 e. The summed E-state index contributed by atoms with van der Waals surface area (Å²) in [6.07, 6.45) is 7.90. The molecule has 94 valence electrons. The van der Waals surface area contributed by atoms with Gasteiger partial charge in [0.2, 0.25) is 0 Å². The fourth-order valence-corrected chi connectivity index (χ4v) is 3.35. The van der Waals surface area contributed by atoms with Crippen molar-refractivity contribution < 1.29 is 9.15 Å². The van der Waals surface area contributed by atoms with Crippen molar-refractivity contribution in [3.05, 3.63) is 24.2 Å². The van der Waals surface area contributed by atoms with Crippen LogP contribution in [0.2, 0.25) is 0 Å². The zero-order valence-electron chi connectivity index (χ0n) is 10.4. The predicted molar refractivity (Wildman–Crippen MR) is 65.8 cm³/mol. The molecule has 1 saturated carbocycles. The van der Waals surface area contributed by atoms with Crippen LogP contribution in [0.4, 0.5) is 0 Å². The van der Waals surface area contributed by atoms with E-state index >= 15 is 0 Å². The molecular formula is C14H21NO2. The Kier molecular flexibility index (Phi) is 2.97. The van der Waals surface area contributed by atoms with Crippen molar-refractivity contribution in [2.45, 2.75) is 43.7 Å². The van der Waals surface area contributed by atoms with Gasteiger partial charge in [-0.3, -0.25) is 0 Å². The average Bonchev–Trinajstić information content (AvgIpc) is 2.82. The predicted octanol–water partition coefficient (Wildman–Crippen LogP) is 2.89. The van der Waals surface area contributed by atoms with Gasteiger partial charge in [-0.05, 0) is 57.2 Å². The average molecular weight is 235 g/mol. The highest BCUT2D eigenvalue weighted by Crippen LogP contribution is 2.47. The Balaban J connectivity index is 1.73. The van der Waals surface area contributed by atoms with Crippen molar-refractivity contribution >= 4 is 0 Å². The number of hydrogen-bond donors (Lipinski definition) is 1. The van der Waals surface area contributed by atoms with Gasteiger partial charge in [-0.1, -0.05) is 0 Å². The first-order valence-corrected chi connectivity index (χ1v) is 6.68. The first-order chi connectivity index (χ1) is 8.33. The van der Waals surface area contributed by atoms with Crippen molar-refractivity contribution in [2.24, 2.45) is 5.92 Å². The van der Waals surface area contributed by atoms with Gasteiger partial charge < -0.3 is 14.5 Å². The van der Waals surface area contributed by atoms with Gasteiger partial charge in [0.1, 0.15) is 5.76 Å². The minimum atomic E-state index is 0.213. The monoisotopic (exact) mass is 235 g/mol. The summed E-state index contributed by atoms with van der Waals surface area (Å²) in [5.41, 5.74) is 0.213. The lowest BCUT2D eigenvalue weighted by Gasteiger charge is -2.48. The van der Waals surface area contributed by atoms with Crippen molar-refractivity contribution in [1.29, 1.82) is 0 Å². The van der Waals surface area contributed by atoms with Crippen LogP contribution in [-0.4, -0.2) is 19.3 Å². The molecule has 3 nitrogen and oxygen atoms in total. The van der Waals surface area contributed by atoms with Crippen LogP contribution in [0.5, 0.6) is 0 Å². The van der Waals surface area contributed by atoms with E-state index in [1.165, 1.54) is 25.7 Å². The molecule has 2 aliphatic rings. The first-order valence-electron chi connectivity index (χ1n) is 6.68. The van der Waals surface area contributed by atoms with Gasteiger partial charge in [0, 0.05) is 6.61 Å². The van der Waals surface area contributed by atoms with E-state index in [1.54, 1.807) is 6.26 Å². The van der Waals surface area contributed by atoms with Crippen LogP contribution in [0.1, 0.15) is 43.9 Å². The minimum absolute atomic E-state index is 0.213. The Morgan fingerprint density at radius 3 is 2.94 bits per heavy atom. The van der Waals surface area contributed by atoms with Gasteiger partial charge in [0.05, 0.1) is 17.9 Å². The zero-order valence-corrected chi connectivity index (χ0v) is 10.4. The second-order valence-electron chi connectivity index (χ2n) is 5.42. The fraction of sp³-hybridized carbons (Fsp3) is 0.714. The molecule has 0 amide bonds. The molecule has 0 aromatic carbocycles. The number of rotatable bonds is 3. The minimum Gasteiger partial charge on any atom is -0.468 e. The standard InChI is InChI=1S/C14H21NO2/c1-15-13(12-4-2-8-16-12)11-5-9-17-14(10-11)6-3-7-14/h2,4,8,11,13,15H,3,5-7,9-10H2,1H3. The summed E-state index contributed by atoms with van der Waals surface area (Å²) in [7, 11) is 2.02. The molecule has 3 heteroatoms. The molecule has 2 unspecified atom stereocenters. The van der Waals surface area contributed by atoms with Crippen LogP contribution in [0.25, 0.3) is 0 Å². The molecule has 1 aliphatic carbocycles. The van der Waals surface area contributed by atoms with Crippen molar-refractivity contribution in [3.63, 3.8) is 0 Å². The Bertz CT molecular complexity index is 356. The van der Waals surface area contributed by atoms with E-state index in [9.17, 15) is 0 Å². The van der Waals surface area contributed by atoms with Crippen molar-refractivity contribution in [2.75, 3.05) is 13.7 Å². The maximum absolute atomic E-state index is 5.99. The Morgan fingerprint density at radius 2 is 2.35 bits per heavy atom. The summed E-state index contributed by atoms with van der Waals surface area (Å²) in [4.78, 5) is 0. The molecule has 2 heterocycles. The van der Waals surface area contributed by atoms with Gasteiger partial charge in [-0.2, -0.15) is 0 Å². The molecule has 2 fully saturated rings. The van der Waals surface area contributed by atoms with Gasteiger partial charge in [-0.25, -0.2) is 0 Å². The van der Waals surface area contributed by atoms with E-state index in [-0.39, 0.29) is 5.60 Å². The van der Waals surface area contributed by atoms with E-state index in [2.05, 4.69) is 11.4 Å². The van der Waals surface area contributed by atoms with E-state index in [0.29, 0.717) is 12.0 Å². The van der Waals surface area contributed by atoms with Crippen LogP contribution < -0.4 is 5.32 Å². The Morgan fingerprint density at radius 1 is 1.47 bits per heavy atom. The lowest BCUT2D eigenvalue weighted by molar-refractivity contribution is -0.147. The number of ether oxygens (including phenoxy) is 1. The van der Waals surface area contributed by atoms with Gasteiger partial charge in [0.25, 0.3) is 0 Å². The molecule has 0 radical (unpaired) electrons. The molecule has 1 N–H and O–H groups in total. The highest BCUT2D eigenvalue weighted by Gasteiger charge is 2.44. The Labute approximate surface area is 103 Å². The molecule has 2 atom stereocenters. The fourth-order valence-electron chi connectivity index (χ4n) is 3.35. The van der Waals surface area contributed by atoms with E-state index in [0.717, 1.165) is 18.8 Å². The normalized spacial score (nSPS) is 28.9. The third-order valence-electron chi connectivity index (χ3n) is 4.43. The van der Waals surface area contributed by atoms with Crippen LogP contribution in [-0.2, 0) is 4.74 Å². The molecule has 1 spiro atoms. The quantitative estimate of drug-likeness (QED) is 0.874. The van der Waals surface area contributed by atoms with Crippen LogP contribution >= 0.6 is 0 Å². The second-order valence-corrected chi connectivity index (χ2v) is 5.42. The third-order valence-corrected chi connectivity index (χ3v) is 4.43. The SMILES string of the molecule is CNC(c1ccco1)C1CCOC2(CCC2)C1. The summed E-state index contributed by atoms with van der Waals surface area (Å²) >= 11 is 0. The molecule has 1 aliphatic heterocycles. The van der Waals surface area contributed by atoms with Gasteiger partial charge in [-0.15, -0.1) is 0 Å². The summed E-state index contributed by atoms with van der Waals surface area (Å²) in [5.74, 6) is 1.70. The summed E-state index contributed by atoms with van der Waals surface area (Å²) < 4.78 is 11.5. The number of furan rings is 1. The topological polar surface area (TPSA) is 34.4 Å². The van der Waals surface area contributed by atoms with E-state index in [1.807, 2.05) is 13.1 Å². The van der Waals surface area contributed by atoms with Crippen LogP contribution in [0.15, 0.2) is 22.8 Å². The third kappa shape index (κ3) is 2.02. The van der Waals surface area contributed by atoms with Gasteiger partial charge >= 0.3 is 0 Å². The highest BCUT2D eigenvalue weighted by molar-refractivity contribution is 5.08. The summed E-state index contributed by atoms with van der Waals surface area (Å²) in [6, 6.07) is 4.38. The van der Waals surface area contributed by atoms with Crippen molar-refractivity contribution in [1.82, 2.24) is 5.32 Å².